The molecule has 0 saturated carbocycles. The van der Waals surface area contributed by atoms with Crippen LogP contribution in [0, 0.1) is 0 Å². The van der Waals surface area contributed by atoms with E-state index in [1.54, 1.807) is 0 Å². The van der Waals surface area contributed by atoms with Crippen LogP contribution in [0.25, 0.3) is 10.8 Å². The van der Waals surface area contributed by atoms with Crippen LogP contribution >= 0.6 is 0 Å². The summed E-state index contributed by atoms with van der Waals surface area (Å²) in [5, 5.41) is 6.30. The number of fused-ring (bicyclic) bond motifs is 2. The topological polar surface area (TPSA) is 17.0 Å². The van der Waals surface area contributed by atoms with Gasteiger partial charge in [-0.05, 0) is 28.5 Å². The van der Waals surface area contributed by atoms with Gasteiger partial charge in [-0.25, -0.2) is 0 Å². The molecule has 0 spiro atoms. The fraction of sp³-hybridized carbons (Fsp3) is 0.176. The van der Waals surface area contributed by atoms with Gasteiger partial charge in [-0.1, -0.05) is 42.5 Å². The van der Waals surface area contributed by atoms with E-state index in [0.717, 1.165) is 13.1 Å². The quantitative estimate of drug-likeness (QED) is 0.699. The molecule has 2 heterocycles. The van der Waals surface area contributed by atoms with Gasteiger partial charge in [-0.3, -0.25) is 0 Å². The van der Waals surface area contributed by atoms with Crippen LogP contribution in [0.4, 0.5) is 0 Å². The van der Waals surface area contributed by atoms with Crippen molar-refractivity contribution in [2.24, 2.45) is 0 Å². The molecular formula is C17H16N2. The largest absolute Gasteiger partial charge is 0.348 e. The minimum atomic E-state index is 0.301. The summed E-state index contributed by atoms with van der Waals surface area (Å²) in [5.41, 5.74) is 2.74. The molecule has 2 aromatic carbocycles. The molecule has 0 saturated heterocycles. The van der Waals surface area contributed by atoms with E-state index in [-0.39, 0.29) is 0 Å². The molecule has 1 aromatic heterocycles. The molecule has 0 amide bonds. The monoisotopic (exact) mass is 248 g/mol. The lowest BCUT2D eigenvalue weighted by molar-refractivity contribution is 0.469. The van der Waals surface area contributed by atoms with E-state index >= 15 is 0 Å². The Kier molecular flexibility index (Phi) is 2.42. The van der Waals surface area contributed by atoms with Gasteiger partial charge in [-0.2, -0.15) is 0 Å². The smallest absolute Gasteiger partial charge is 0.0737 e. The van der Waals surface area contributed by atoms with Crippen LogP contribution in [-0.2, 0) is 6.54 Å². The molecular weight excluding hydrogens is 232 g/mol. The second kappa shape index (κ2) is 4.25. The highest BCUT2D eigenvalue weighted by atomic mass is 15.1. The maximum atomic E-state index is 3.65. The first-order valence-corrected chi connectivity index (χ1v) is 6.79. The summed E-state index contributed by atoms with van der Waals surface area (Å²) < 4.78 is 2.35. The van der Waals surface area contributed by atoms with Gasteiger partial charge in [0.2, 0.25) is 0 Å². The van der Waals surface area contributed by atoms with Gasteiger partial charge in [-0.15, -0.1) is 0 Å². The number of nitrogens with zero attached hydrogens (tertiary/aromatic N) is 1. The average Bonchev–Trinajstić information content (AvgIpc) is 2.95. The highest BCUT2D eigenvalue weighted by Crippen LogP contribution is 2.30. The minimum Gasteiger partial charge on any atom is -0.348 e. The van der Waals surface area contributed by atoms with Crippen molar-refractivity contribution in [3.8, 4) is 0 Å². The van der Waals surface area contributed by atoms with Crippen molar-refractivity contribution in [2.45, 2.75) is 12.6 Å². The Hall–Kier alpha value is -2.06. The van der Waals surface area contributed by atoms with Crippen LogP contribution in [0.3, 0.4) is 0 Å². The fourth-order valence-corrected chi connectivity index (χ4v) is 3.10. The van der Waals surface area contributed by atoms with Gasteiger partial charge >= 0.3 is 0 Å². The van der Waals surface area contributed by atoms with Gasteiger partial charge in [0.15, 0.2) is 0 Å². The number of aromatic nitrogens is 1. The van der Waals surface area contributed by atoms with Gasteiger partial charge in [0, 0.05) is 25.0 Å². The van der Waals surface area contributed by atoms with Crippen molar-refractivity contribution >= 4 is 10.8 Å². The highest BCUT2D eigenvalue weighted by Gasteiger charge is 2.21. The van der Waals surface area contributed by atoms with Gasteiger partial charge in [0.1, 0.15) is 0 Å². The molecule has 1 N–H and O–H groups in total. The van der Waals surface area contributed by atoms with Crippen molar-refractivity contribution < 1.29 is 0 Å². The van der Waals surface area contributed by atoms with Crippen molar-refractivity contribution in [1.29, 1.82) is 0 Å². The molecule has 4 rings (SSSR count). The van der Waals surface area contributed by atoms with Crippen LogP contribution in [0.15, 0.2) is 60.8 Å². The van der Waals surface area contributed by atoms with E-state index in [4.69, 9.17) is 0 Å². The molecule has 0 aliphatic carbocycles. The lowest BCUT2D eigenvalue weighted by Crippen LogP contribution is -2.33. The van der Waals surface area contributed by atoms with Crippen LogP contribution in [0.2, 0.25) is 0 Å². The summed E-state index contributed by atoms with van der Waals surface area (Å²) in [5.74, 6) is 0. The molecule has 2 heteroatoms. The Morgan fingerprint density at radius 3 is 2.84 bits per heavy atom. The first-order chi connectivity index (χ1) is 9.43. The van der Waals surface area contributed by atoms with E-state index in [0.29, 0.717) is 6.04 Å². The molecule has 0 radical (unpaired) electrons. The van der Waals surface area contributed by atoms with E-state index < -0.39 is 0 Å². The second-order valence-electron chi connectivity index (χ2n) is 5.08. The molecule has 0 bridgehead atoms. The van der Waals surface area contributed by atoms with Crippen LogP contribution in [-0.4, -0.2) is 11.1 Å². The minimum absolute atomic E-state index is 0.301. The summed E-state index contributed by atoms with van der Waals surface area (Å²) in [7, 11) is 0. The summed E-state index contributed by atoms with van der Waals surface area (Å²) in [4.78, 5) is 0. The maximum Gasteiger partial charge on any atom is 0.0737 e. The van der Waals surface area contributed by atoms with Crippen LogP contribution in [0.5, 0.6) is 0 Å². The lowest BCUT2D eigenvalue weighted by atomic mass is 9.96. The van der Waals surface area contributed by atoms with E-state index in [2.05, 4.69) is 70.7 Å². The third-order valence-corrected chi connectivity index (χ3v) is 4.00. The second-order valence-corrected chi connectivity index (χ2v) is 5.08. The zero-order valence-corrected chi connectivity index (χ0v) is 10.7. The van der Waals surface area contributed by atoms with Crippen LogP contribution in [0.1, 0.15) is 17.3 Å². The van der Waals surface area contributed by atoms with Crippen molar-refractivity contribution in [2.75, 3.05) is 6.54 Å². The van der Waals surface area contributed by atoms with Crippen molar-refractivity contribution in [3.63, 3.8) is 0 Å². The van der Waals surface area contributed by atoms with Crippen molar-refractivity contribution in [1.82, 2.24) is 9.88 Å². The summed E-state index contributed by atoms with van der Waals surface area (Å²) in [6.07, 6.45) is 2.17. The van der Waals surface area contributed by atoms with E-state index in [1.807, 2.05) is 0 Å². The fourth-order valence-electron chi connectivity index (χ4n) is 3.10. The number of rotatable bonds is 1. The average molecular weight is 248 g/mol. The molecule has 1 unspecified atom stereocenters. The van der Waals surface area contributed by atoms with Crippen LogP contribution < -0.4 is 5.32 Å². The standard InChI is InChI=1S/C17H16N2/c1-2-7-14-13(5-1)6-3-8-15(14)17-16-9-4-11-19(16)12-10-18-17/h1-9,11,17-18H,10,12H2. The van der Waals surface area contributed by atoms with Gasteiger partial charge < -0.3 is 9.88 Å². The highest BCUT2D eigenvalue weighted by molar-refractivity contribution is 5.86. The molecule has 3 aromatic rings. The van der Waals surface area contributed by atoms with E-state index in [9.17, 15) is 0 Å². The molecule has 1 aliphatic heterocycles. The third-order valence-electron chi connectivity index (χ3n) is 4.00. The molecule has 1 atom stereocenters. The Bertz CT molecular complexity index is 721. The molecule has 1 aliphatic rings. The number of hydrogen-bond donors (Lipinski definition) is 1. The maximum absolute atomic E-state index is 3.65. The Morgan fingerprint density at radius 1 is 0.947 bits per heavy atom. The normalized spacial score (nSPS) is 18.4. The summed E-state index contributed by atoms with van der Waals surface area (Å²) in [6, 6.07) is 19.9. The number of benzene rings is 2. The van der Waals surface area contributed by atoms with Crippen molar-refractivity contribution in [3.05, 3.63) is 72.1 Å². The zero-order valence-electron chi connectivity index (χ0n) is 10.7. The predicted octanol–water partition coefficient (Wildman–Crippen LogP) is 3.33. The SMILES string of the molecule is c1ccc2c(C3NCCn4cccc43)cccc2c1. The number of hydrogen-bond acceptors (Lipinski definition) is 1. The van der Waals surface area contributed by atoms with Gasteiger partial charge in [0.25, 0.3) is 0 Å². The van der Waals surface area contributed by atoms with Gasteiger partial charge in [0.05, 0.1) is 6.04 Å². The first-order valence-electron chi connectivity index (χ1n) is 6.79. The Morgan fingerprint density at radius 2 is 1.84 bits per heavy atom. The molecule has 2 nitrogen and oxygen atoms in total. The molecule has 0 fully saturated rings. The first kappa shape index (κ1) is 10.8. The third kappa shape index (κ3) is 1.68. The Balaban J connectivity index is 1.93. The Labute approximate surface area is 112 Å². The summed E-state index contributed by atoms with van der Waals surface area (Å²) in [6.45, 7) is 2.08. The predicted molar refractivity (Wildman–Crippen MR) is 78.2 cm³/mol. The molecule has 94 valence electrons. The molecule has 19 heavy (non-hydrogen) atoms. The number of nitrogens with one attached hydrogen (secondary N) is 1. The van der Waals surface area contributed by atoms with E-state index in [1.165, 1.54) is 22.0 Å². The summed E-state index contributed by atoms with van der Waals surface area (Å²) >= 11 is 0. The zero-order chi connectivity index (χ0) is 12.7. The lowest BCUT2D eigenvalue weighted by Gasteiger charge is -2.27.